The lowest BCUT2D eigenvalue weighted by atomic mass is 10.1. The van der Waals surface area contributed by atoms with Gasteiger partial charge in [-0.2, -0.15) is 0 Å². The van der Waals surface area contributed by atoms with Crippen LogP contribution < -0.4 is 0 Å². The molecule has 0 bridgehead atoms. The first-order chi connectivity index (χ1) is 14.2. The maximum atomic E-state index is 2.35. The molecule has 0 saturated carbocycles. The van der Waals surface area contributed by atoms with E-state index in [1.807, 2.05) is 0 Å². The number of hydrogen-bond donors (Lipinski definition) is 0. The molecule has 0 spiro atoms. The maximum Gasteiger partial charge on any atom is 0.0635 e. The van der Waals surface area contributed by atoms with Crippen LogP contribution in [0.3, 0.4) is 0 Å². The number of unbranched alkanes of at least 4 members (excludes halogenated alkanes) is 10. The summed E-state index contributed by atoms with van der Waals surface area (Å²) in [6, 6.07) is 0. The van der Waals surface area contributed by atoms with Crippen molar-refractivity contribution in [3.8, 4) is 0 Å². The van der Waals surface area contributed by atoms with Crippen molar-refractivity contribution in [3.63, 3.8) is 0 Å². The van der Waals surface area contributed by atoms with Crippen LogP contribution in [0.1, 0.15) is 112 Å². The van der Waals surface area contributed by atoms with E-state index in [-0.39, 0.29) is 0 Å². The smallest absolute Gasteiger partial charge is 0.0635 e. The van der Waals surface area contributed by atoms with Gasteiger partial charge >= 0.3 is 0 Å². The molecule has 0 unspecified atom stereocenters. The third kappa shape index (κ3) is 5.86. The van der Waals surface area contributed by atoms with E-state index in [9.17, 15) is 0 Å². The lowest BCUT2D eigenvalue weighted by molar-refractivity contribution is 0.608. The van der Waals surface area contributed by atoms with Gasteiger partial charge in [-0.25, -0.2) is 0 Å². The van der Waals surface area contributed by atoms with Crippen LogP contribution in [0, 0.1) is 13.8 Å². The number of thiophene rings is 3. The average Bonchev–Trinajstić information content (AvgIpc) is 3.30. The Morgan fingerprint density at radius 3 is 1.24 bits per heavy atom. The van der Waals surface area contributed by atoms with Crippen molar-refractivity contribution in [2.24, 2.45) is 0 Å². The van der Waals surface area contributed by atoms with Gasteiger partial charge in [0.15, 0.2) is 0 Å². The van der Waals surface area contributed by atoms with Crippen molar-refractivity contribution in [1.29, 1.82) is 0 Å². The van der Waals surface area contributed by atoms with Gasteiger partial charge in [0, 0.05) is 9.75 Å². The molecule has 0 fully saturated rings. The lowest BCUT2D eigenvalue weighted by Gasteiger charge is -2.03. The summed E-state index contributed by atoms with van der Waals surface area (Å²) in [6.07, 6.45) is 19.3. The third-order valence-corrected chi connectivity index (χ3v) is 10.3. The van der Waals surface area contributed by atoms with Crippen molar-refractivity contribution < 1.29 is 0 Å². The van der Waals surface area contributed by atoms with Crippen molar-refractivity contribution in [2.45, 2.75) is 118 Å². The molecule has 0 saturated heterocycles. The Morgan fingerprint density at radius 1 is 0.448 bits per heavy atom. The standard InChI is InChI=1S/C26H40S3/c1-5-7-9-11-13-15-17-21-19(3)27-25-23(21)29-24-22(20(4)28-26(24)25)18-16-14-12-10-8-6-2/h5-18H2,1-4H3. The van der Waals surface area contributed by atoms with E-state index in [0.717, 1.165) is 0 Å². The van der Waals surface area contributed by atoms with Gasteiger partial charge in [0.1, 0.15) is 0 Å². The molecule has 3 heterocycles. The van der Waals surface area contributed by atoms with Gasteiger partial charge in [0.2, 0.25) is 0 Å². The van der Waals surface area contributed by atoms with E-state index in [4.69, 9.17) is 0 Å². The molecule has 162 valence electrons. The highest BCUT2D eigenvalue weighted by molar-refractivity contribution is 7.38. The number of rotatable bonds is 14. The first kappa shape index (κ1) is 23.3. The summed E-state index contributed by atoms with van der Waals surface area (Å²) in [4.78, 5) is 3.15. The molecular formula is C26H40S3. The predicted molar refractivity (Wildman–Crippen MR) is 139 cm³/mol. The summed E-state index contributed by atoms with van der Waals surface area (Å²) in [5.41, 5.74) is 3.36. The summed E-state index contributed by atoms with van der Waals surface area (Å²) < 4.78 is 6.47. The van der Waals surface area contributed by atoms with Crippen LogP contribution in [0.25, 0.3) is 18.8 Å². The third-order valence-electron chi connectivity index (χ3n) is 6.29. The van der Waals surface area contributed by atoms with Crippen LogP contribution in [0.15, 0.2) is 0 Å². The molecule has 29 heavy (non-hydrogen) atoms. The molecule has 0 N–H and O–H groups in total. The van der Waals surface area contributed by atoms with Crippen LogP contribution in [0.5, 0.6) is 0 Å². The monoisotopic (exact) mass is 448 g/mol. The van der Waals surface area contributed by atoms with Crippen molar-refractivity contribution in [2.75, 3.05) is 0 Å². The van der Waals surface area contributed by atoms with E-state index < -0.39 is 0 Å². The molecule has 0 aromatic carbocycles. The van der Waals surface area contributed by atoms with Gasteiger partial charge in [0.25, 0.3) is 0 Å². The second kappa shape index (κ2) is 11.9. The Labute approximate surface area is 190 Å². The number of hydrogen-bond acceptors (Lipinski definition) is 3. The minimum absolute atomic E-state index is 1.29. The minimum Gasteiger partial charge on any atom is -0.138 e. The van der Waals surface area contributed by atoms with Crippen LogP contribution >= 0.6 is 34.0 Å². The van der Waals surface area contributed by atoms with Crippen molar-refractivity contribution >= 4 is 52.8 Å². The molecule has 3 aromatic heterocycles. The highest BCUT2D eigenvalue weighted by Crippen LogP contribution is 2.48. The largest absolute Gasteiger partial charge is 0.138 e. The van der Waals surface area contributed by atoms with Crippen molar-refractivity contribution in [3.05, 3.63) is 20.9 Å². The van der Waals surface area contributed by atoms with Gasteiger partial charge in [0.05, 0.1) is 18.8 Å². The van der Waals surface area contributed by atoms with Gasteiger partial charge in [-0.3, -0.25) is 0 Å². The predicted octanol–water partition coefficient (Wildman–Crippen LogP) is 10.6. The van der Waals surface area contributed by atoms with Crippen LogP contribution in [0.2, 0.25) is 0 Å². The highest BCUT2D eigenvalue weighted by Gasteiger charge is 2.19. The minimum atomic E-state index is 1.29. The van der Waals surface area contributed by atoms with Gasteiger partial charge in [-0.05, 0) is 50.7 Å². The fourth-order valence-corrected chi connectivity index (χ4v) is 8.92. The molecule has 0 amide bonds. The summed E-state index contributed by atoms with van der Waals surface area (Å²) in [5.74, 6) is 0. The molecule has 0 aliphatic carbocycles. The molecular weight excluding hydrogens is 408 g/mol. The summed E-state index contributed by atoms with van der Waals surface area (Å²) >= 11 is 6.26. The quantitative estimate of drug-likeness (QED) is 0.215. The maximum absolute atomic E-state index is 2.35. The Balaban J connectivity index is 1.66. The molecule has 0 atom stereocenters. The zero-order valence-electron chi connectivity index (χ0n) is 19.1. The first-order valence-electron chi connectivity index (χ1n) is 12.1. The van der Waals surface area contributed by atoms with E-state index in [2.05, 4.69) is 61.7 Å². The van der Waals surface area contributed by atoms with Crippen LogP contribution in [-0.2, 0) is 12.8 Å². The van der Waals surface area contributed by atoms with E-state index >= 15 is 0 Å². The van der Waals surface area contributed by atoms with Gasteiger partial charge in [-0.1, -0.05) is 78.1 Å². The van der Waals surface area contributed by atoms with Crippen molar-refractivity contribution in [1.82, 2.24) is 0 Å². The van der Waals surface area contributed by atoms with Crippen LogP contribution in [-0.4, -0.2) is 0 Å². The highest BCUT2D eigenvalue weighted by atomic mass is 32.1. The number of aryl methyl sites for hydroxylation is 4. The first-order valence-corrected chi connectivity index (χ1v) is 14.5. The topological polar surface area (TPSA) is 0 Å². The summed E-state index contributed by atoms with van der Waals surface area (Å²) in [5, 5.41) is 0. The zero-order chi connectivity index (χ0) is 20.6. The van der Waals surface area contributed by atoms with Crippen LogP contribution in [0.4, 0.5) is 0 Å². The van der Waals surface area contributed by atoms with Gasteiger partial charge < -0.3 is 0 Å². The fourth-order valence-electron chi connectivity index (χ4n) is 4.48. The van der Waals surface area contributed by atoms with E-state index in [1.54, 1.807) is 39.7 Å². The second-order valence-electron chi connectivity index (χ2n) is 8.73. The SMILES string of the molecule is CCCCCCCCc1c(C)sc2c1sc1c(CCCCCCCC)c(C)sc12. The normalized spacial score (nSPS) is 12.0. The molecule has 0 aliphatic rings. The summed E-state index contributed by atoms with van der Waals surface area (Å²) in [7, 11) is 0. The van der Waals surface area contributed by atoms with E-state index in [1.165, 1.54) is 89.9 Å². The molecule has 3 aromatic rings. The Morgan fingerprint density at radius 2 is 0.828 bits per heavy atom. The number of fused-ring (bicyclic) bond motifs is 3. The molecule has 0 aliphatic heterocycles. The Hall–Kier alpha value is -0.380. The lowest BCUT2D eigenvalue weighted by Crippen LogP contribution is -1.87. The molecule has 3 rings (SSSR count). The average molecular weight is 449 g/mol. The Kier molecular flexibility index (Phi) is 9.53. The zero-order valence-corrected chi connectivity index (χ0v) is 21.6. The molecule has 0 radical (unpaired) electrons. The molecule has 3 heteroatoms. The van der Waals surface area contributed by atoms with E-state index in [0.29, 0.717) is 0 Å². The fraction of sp³-hybridized carbons (Fsp3) is 0.692. The second-order valence-corrected chi connectivity index (χ2v) is 12.2. The van der Waals surface area contributed by atoms with Gasteiger partial charge in [-0.15, -0.1) is 34.0 Å². The summed E-state index contributed by atoms with van der Waals surface area (Å²) in [6.45, 7) is 9.31. The molecule has 0 nitrogen and oxygen atoms in total. The Bertz CT molecular complexity index is 806.